The molecule has 0 radical (unpaired) electrons. The molecule has 3 atom stereocenters. The van der Waals surface area contributed by atoms with Crippen LogP contribution in [-0.4, -0.2) is 63.7 Å². The van der Waals surface area contributed by atoms with Crippen molar-refractivity contribution in [2.45, 2.75) is 63.9 Å². The highest BCUT2D eigenvalue weighted by molar-refractivity contribution is 5.86. The van der Waals surface area contributed by atoms with Gasteiger partial charge in [0, 0.05) is 57.7 Å². The first-order valence-corrected chi connectivity index (χ1v) is 13.2. The third-order valence-electron chi connectivity index (χ3n) is 7.43. The maximum absolute atomic E-state index is 13.4. The smallest absolute Gasteiger partial charge is 0.252 e. The summed E-state index contributed by atoms with van der Waals surface area (Å²) in [6.07, 6.45) is 7.59. The van der Waals surface area contributed by atoms with Crippen LogP contribution < -0.4 is 26.4 Å². The molecule has 2 saturated heterocycles. The summed E-state index contributed by atoms with van der Waals surface area (Å²) in [6.45, 7) is 7.53. The molecule has 0 spiro atoms. The van der Waals surface area contributed by atoms with Gasteiger partial charge in [0.15, 0.2) is 5.82 Å². The van der Waals surface area contributed by atoms with E-state index in [1.807, 2.05) is 31.3 Å². The molecule has 4 N–H and O–H groups in total. The van der Waals surface area contributed by atoms with Crippen LogP contribution in [0.3, 0.4) is 0 Å². The quantitative estimate of drug-likeness (QED) is 0.356. The molecule has 0 aromatic carbocycles. The molecule has 5 rings (SSSR count). The molecule has 2 aliphatic heterocycles. The van der Waals surface area contributed by atoms with E-state index in [9.17, 15) is 4.79 Å². The lowest BCUT2D eigenvalue weighted by atomic mass is 9.89. The molecule has 11 heteroatoms. The van der Waals surface area contributed by atoms with E-state index in [0.717, 1.165) is 35.0 Å². The molecule has 11 nitrogen and oxygen atoms in total. The van der Waals surface area contributed by atoms with Crippen LogP contribution in [-0.2, 0) is 9.53 Å². The van der Waals surface area contributed by atoms with E-state index in [0.29, 0.717) is 32.0 Å². The number of amides is 1. The van der Waals surface area contributed by atoms with E-state index in [-0.39, 0.29) is 18.1 Å². The second-order valence-corrected chi connectivity index (χ2v) is 10.3. The molecule has 2 unspecified atom stereocenters. The zero-order valence-corrected chi connectivity index (χ0v) is 22.4. The molecule has 202 valence electrons. The molecule has 38 heavy (non-hydrogen) atoms. The highest BCUT2D eigenvalue weighted by Gasteiger charge is 2.42. The van der Waals surface area contributed by atoms with Crippen LogP contribution >= 0.6 is 0 Å². The number of aryl methyl sites for hydroxylation is 1. The fraction of sp³-hybridized carbons (Fsp3) is 0.481. The van der Waals surface area contributed by atoms with Gasteiger partial charge in [-0.1, -0.05) is 6.07 Å². The van der Waals surface area contributed by atoms with Crippen molar-refractivity contribution in [1.82, 2.24) is 35.9 Å². The van der Waals surface area contributed by atoms with Crippen molar-refractivity contribution in [1.29, 1.82) is 0 Å². The number of ether oxygens (including phenoxy) is 1. The number of aromatic nitrogens is 4. The number of piperidine rings is 1. The SMILES string of the molecule is COC1(C(=O)N[C@@H](C)c2ccc(-n3cccn3)nc2)CCN(c2cc(C)cc(NC3CC(C)NN3)n2)CC1. The first kappa shape index (κ1) is 26.1. The second kappa shape index (κ2) is 11.1. The van der Waals surface area contributed by atoms with Crippen molar-refractivity contribution in [3.05, 3.63) is 60.0 Å². The standard InChI is InChI=1S/C27H37N9O2/c1-18-14-22(31-23-16-19(2)33-34-23)32-25(15-18)35-12-8-27(38-4,9-13-35)26(37)30-20(3)21-6-7-24(28-17-21)36-11-5-10-29-36/h5-7,10-11,14-15,17,19-20,23,33-34H,8-9,12-13,16H2,1-4H3,(H,30,37)(H,31,32)/t19?,20-,23?/m0/s1. The molecule has 1 amide bonds. The van der Waals surface area contributed by atoms with Crippen LogP contribution in [0.4, 0.5) is 11.6 Å². The minimum absolute atomic E-state index is 0.100. The Morgan fingerprint density at radius 2 is 2.03 bits per heavy atom. The number of hydrogen-bond acceptors (Lipinski definition) is 9. The van der Waals surface area contributed by atoms with Crippen LogP contribution in [0.25, 0.3) is 5.82 Å². The summed E-state index contributed by atoms with van der Waals surface area (Å²) in [5.41, 5.74) is 7.66. The molecule has 2 aliphatic rings. The number of pyridine rings is 2. The minimum Gasteiger partial charge on any atom is -0.368 e. The number of rotatable bonds is 8. The highest BCUT2D eigenvalue weighted by atomic mass is 16.5. The van der Waals surface area contributed by atoms with Crippen molar-refractivity contribution in [3.8, 4) is 5.82 Å². The zero-order valence-electron chi connectivity index (χ0n) is 22.4. The third-order valence-corrected chi connectivity index (χ3v) is 7.43. The highest BCUT2D eigenvalue weighted by Crippen LogP contribution is 2.30. The Bertz CT molecular complexity index is 1220. The number of anilines is 2. The first-order valence-electron chi connectivity index (χ1n) is 13.2. The summed E-state index contributed by atoms with van der Waals surface area (Å²) in [5.74, 6) is 2.38. The number of hydrogen-bond donors (Lipinski definition) is 4. The Morgan fingerprint density at radius 3 is 2.66 bits per heavy atom. The third kappa shape index (κ3) is 5.64. The largest absolute Gasteiger partial charge is 0.368 e. The van der Waals surface area contributed by atoms with Gasteiger partial charge in [0.2, 0.25) is 0 Å². The summed E-state index contributed by atoms with van der Waals surface area (Å²) in [7, 11) is 1.62. The predicted octanol–water partition coefficient (Wildman–Crippen LogP) is 2.46. The minimum atomic E-state index is -0.881. The van der Waals surface area contributed by atoms with Crippen molar-refractivity contribution in [3.63, 3.8) is 0 Å². The topological polar surface area (TPSA) is 121 Å². The number of carbonyl (C=O) groups is 1. The molecule has 0 saturated carbocycles. The van der Waals surface area contributed by atoms with Crippen molar-refractivity contribution in [2.24, 2.45) is 0 Å². The van der Waals surface area contributed by atoms with Crippen molar-refractivity contribution >= 4 is 17.5 Å². The lowest BCUT2D eigenvalue weighted by Gasteiger charge is -2.40. The summed E-state index contributed by atoms with van der Waals surface area (Å²) in [4.78, 5) is 25.0. The number of carbonyl (C=O) groups excluding carboxylic acids is 1. The van der Waals surface area contributed by atoms with Gasteiger partial charge in [-0.15, -0.1) is 0 Å². The second-order valence-electron chi connectivity index (χ2n) is 10.3. The normalized spacial score (nSPS) is 21.7. The number of hydrazine groups is 1. The van der Waals surface area contributed by atoms with Crippen LogP contribution in [0, 0.1) is 6.92 Å². The molecule has 2 fully saturated rings. The molecule has 5 heterocycles. The average Bonchev–Trinajstić information content (AvgIpc) is 3.60. The van der Waals surface area contributed by atoms with Crippen LogP contribution in [0.15, 0.2) is 48.9 Å². The van der Waals surface area contributed by atoms with Crippen molar-refractivity contribution < 1.29 is 9.53 Å². The van der Waals surface area contributed by atoms with Crippen molar-refractivity contribution in [2.75, 3.05) is 30.4 Å². The summed E-state index contributed by atoms with van der Waals surface area (Å²) in [5, 5.41) is 10.8. The van der Waals surface area contributed by atoms with E-state index in [4.69, 9.17) is 9.72 Å². The Morgan fingerprint density at radius 1 is 1.21 bits per heavy atom. The molecule has 3 aromatic heterocycles. The van der Waals surface area contributed by atoms with E-state index in [1.54, 1.807) is 24.2 Å². The predicted molar refractivity (Wildman–Crippen MR) is 146 cm³/mol. The molecule has 3 aromatic rings. The lowest BCUT2D eigenvalue weighted by Crippen LogP contribution is -2.55. The van der Waals surface area contributed by atoms with Gasteiger partial charge in [0.25, 0.3) is 5.91 Å². The van der Waals surface area contributed by atoms with Gasteiger partial charge in [-0.05, 0) is 62.6 Å². The fourth-order valence-electron chi connectivity index (χ4n) is 5.10. The Hall–Kier alpha value is -3.54. The monoisotopic (exact) mass is 519 g/mol. The average molecular weight is 520 g/mol. The number of nitrogens with one attached hydrogen (secondary N) is 4. The van der Waals surface area contributed by atoms with Gasteiger partial charge in [-0.3, -0.25) is 10.2 Å². The number of nitrogens with zero attached hydrogens (tertiary/aromatic N) is 5. The van der Waals surface area contributed by atoms with Gasteiger partial charge >= 0.3 is 0 Å². The summed E-state index contributed by atoms with van der Waals surface area (Å²) in [6, 6.07) is 10.1. The lowest BCUT2D eigenvalue weighted by molar-refractivity contribution is -0.146. The number of methoxy groups -OCH3 is 1. The maximum atomic E-state index is 13.4. The van der Waals surface area contributed by atoms with Crippen LogP contribution in [0.1, 0.15) is 50.3 Å². The Labute approximate surface area is 223 Å². The van der Waals surface area contributed by atoms with Crippen LogP contribution in [0.2, 0.25) is 0 Å². The molecule has 0 bridgehead atoms. The van der Waals surface area contributed by atoms with Gasteiger partial charge in [-0.2, -0.15) is 5.10 Å². The van der Waals surface area contributed by atoms with Crippen LogP contribution in [0.5, 0.6) is 0 Å². The summed E-state index contributed by atoms with van der Waals surface area (Å²) >= 11 is 0. The van der Waals surface area contributed by atoms with Gasteiger partial charge in [0.1, 0.15) is 17.2 Å². The Kier molecular flexibility index (Phi) is 7.59. The molecule has 0 aliphatic carbocycles. The first-order chi connectivity index (χ1) is 18.3. The van der Waals surface area contributed by atoms with Gasteiger partial charge in [0.05, 0.1) is 12.2 Å². The Balaban J connectivity index is 1.20. The van der Waals surface area contributed by atoms with Gasteiger partial charge in [-0.25, -0.2) is 20.1 Å². The molecular formula is C27H37N9O2. The summed E-state index contributed by atoms with van der Waals surface area (Å²) < 4.78 is 7.56. The zero-order chi connectivity index (χ0) is 26.7. The fourth-order valence-corrected chi connectivity index (χ4v) is 5.10. The van der Waals surface area contributed by atoms with E-state index >= 15 is 0 Å². The van der Waals surface area contributed by atoms with E-state index in [1.165, 1.54) is 0 Å². The van der Waals surface area contributed by atoms with E-state index in [2.05, 4.69) is 62.4 Å². The van der Waals surface area contributed by atoms with Gasteiger partial charge < -0.3 is 20.3 Å². The maximum Gasteiger partial charge on any atom is 0.252 e. The molecular weight excluding hydrogens is 482 g/mol. The van der Waals surface area contributed by atoms with E-state index < -0.39 is 5.60 Å².